The zero-order valence-corrected chi connectivity index (χ0v) is 13.6. The molecule has 0 saturated heterocycles. The molecule has 0 spiro atoms. The van der Waals surface area contributed by atoms with Gasteiger partial charge in [0, 0.05) is 17.1 Å². The summed E-state index contributed by atoms with van der Waals surface area (Å²) in [6.07, 6.45) is 1.88. The lowest BCUT2D eigenvalue weighted by Crippen LogP contribution is -2.13. The second kappa shape index (κ2) is 7.79. The molecule has 2 aromatic carbocycles. The molecule has 2 rings (SSSR count). The van der Waals surface area contributed by atoms with Crippen LogP contribution in [0.2, 0.25) is 5.02 Å². The minimum Gasteiger partial charge on any atom is -0.478 e. The number of carbonyl (C=O) groups excluding carboxylic acids is 1. The molecule has 2 N–H and O–H groups in total. The molecule has 2 aromatic rings. The van der Waals surface area contributed by atoms with Gasteiger partial charge in [-0.3, -0.25) is 4.79 Å². The van der Waals surface area contributed by atoms with E-state index in [9.17, 15) is 9.59 Å². The fourth-order valence-corrected chi connectivity index (χ4v) is 2.33. The maximum atomic E-state index is 12.0. The topological polar surface area (TPSA) is 66.4 Å². The number of carbonyl (C=O) groups is 2. The Morgan fingerprint density at radius 3 is 2.48 bits per heavy atom. The summed E-state index contributed by atoms with van der Waals surface area (Å²) >= 11 is 5.83. The fourth-order valence-electron chi connectivity index (χ4n) is 2.21. The molecule has 0 fully saturated rings. The predicted molar refractivity (Wildman–Crippen MR) is 91.2 cm³/mol. The maximum Gasteiger partial charge on any atom is 0.335 e. The molecule has 0 atom stereocenters. The third-order valence-electron chi connectivity index (χ3n) is 3.54. The number of nitrogens with one attached hydrogen (secondary N) is 1. The molecular weight excluding hydrogens is 314 g/mol. The van der Waals surface area contributed by atoms with Gasteiger partial charge in [0.05, 0.1) is 5.56 Å². The fraction of sp³-hybridized carbons (Fsp3) is 0.222. The van der Waals surface area contributed by atoms with Crippen LogP contribution in [0.4, 0.5) is 5.69 Å². The molecule has 0 bridgehead atoms. The molecule has 0 aliphatic heterocycles. The number of halogens is 1. The highest BCUT2D eigenvalue weighted by Crippen LogP contribution is 2.18. The number of carboxylic acids is 1. The first-order chi connectivity index (χ1) is 11.0. The van der Waals surface area contributed by atoms with Crippen molar-refractivity contribution in [2.45, 2.75) is 26.2 Å². The Bertz CT molecular complexity index is 711. The van der Waals surface area contributed by atoms with Crippen LogP contribution in [-0.2, 0) is 11.2 Å². The molecule has 4 nitrogen and oxygen atoms in total. The van der Waals surface area contributed by atoms with E-state index in [4.69, 9.17) is 16.7 Å². The van der Waals surface area contributed by atoms with Crippen LogP contribution in [0.1, 0.15) is 34.3 Å². The molecule has 0 radical (unpaired) electrons. The molecule has 0 unspecified atom stereocenters. The standard InChI is InChI=1S/C18H18ClNO3/c1-12-5-8-14(18(22)23)11-16(12)20-17(21)4-2-3-13-6-9-15(19)10-7-13/h5-11H,2-4H2,1H3,(H,20,21)(H,22,23). The van der Waals surface area contributed by atoms with E-state index in [1.54, 1.807) is 6.07 Å². The van der Waals surface area contributed by atoms with Crippen LogP contribution in [0.15, 0.2) is 42.5 Å². The van der Waals surface area contributed by atoms with Crippen LogP contribution in [0.5, 0.6) is 0 Å². The van der Waals surface area contributed by atoms with Crippen LogP contribution < -0.4 is 5.32 Å². The summed E-state index contributed by atoms with van der Waals surface area (Å²) in [4.78, 5) is 23.0. The molecule has 120 valence electrons. The number of hydrogen-bond acceptors (Lipinski definition) is 2. The number of benzene rings is 2. The highest BCUT2D eigenvalue weighted by Gasteiger charge is 2.09. The van der Waals surface area contributed by atoms with Crippen LogP contribution in [0.25, 0.3) is 0 Å². The first-order valence-electron chi connectivity index (χ1n) is 7.34. The Hall–Kier alpha value is -2.33. The third-order valence-corrected chi connectivity index (χ3v) is 3.79. The number of carboxylic acid groups (broad SMARTS) is 1. The van der Waals surface area contributed by atoms with Crippen molar-refractivity contribution in [3.05, 3.63) is 64.2 Å². The van der Waals surface area contributed by atoms with Crippen molar-refractivity contribution in [2.24, 2.45) is 0 Å². The lowest BCUT2D eigenvalue weighted by molar-refractivity contribution is -0.116. The molecule has 1 amide bonds. The Kier molecular flexibility index (Phi) is 5.77. The average molecular weight is 332 g/mol. The first-order valence-corrected chi connectivity index (χ1v) is 7.72. The van der Waals surface area contributed by atoms with Gasteiger partial charge in [0.1, 0.15) is 0 Å². The molecule has 0 aromatic heterocycles. The van der Waals surface area contributed by atoms with Crippen LogP contribution >= 0.6 is 11.6 Å². The molecule has 0 aliphatic rings. The summed E-state index contributed by atoms with van der Waals surface area (Å²) in [6.45, 7) is 1.83. The van der Waals surface area contributed by atoms with Crippen molar-refractivity contribution in [3.8, 4) is 0 Å². The molecular formula is C18H18ClNO3. The van der Waals surface area contributed by atoms with Gasteiger partial charge >= 0.3 is 5.97 Å². The first kappa shape index (κ1) is 17.0. The molecule has 23 heavy (non-hydrogen) atoms. The lowest BCUT2D eigenvalue weighted by atomic mass is 10.1. The third kappa shape index (κ3) is 5.11. The predicted octanol–water partition coefficient (Wildman–Crippen LogP) is 4.31. The average Bonchev–Trinajstić information content (AvgIpc) is 2.51. The largest absolute Gasteiger partial charge is 0.478 e. The summed E-state index contributed by atoms with van der Waals surface area (Å²) in [6, 6.07) is 12.2. The van der Waals surface area contributed by atoms with E-state index in [0.29, 0.717) is 23.6 Å². The van der Waals surface area contributed by atoms with Crippen LogP contribution in [0.3, 0.4) is 0 Å². The summed E-state index contributed by atoms with van der Waals surface area (Å²) in [5, 5.41) is 12.5. The van der Waals surface area contributed by atoms with Gasteiger partial charge in [-0.25, -0.2) is 4.79 Å². The van der Waals surface area contributed by atoms with Crippen molar-refractivity contribution in [1.82, 2.24) is 0 Å². The van der Waals surface area contributed by atoms with Crippen molar-refractivity contribution in [1.29, 1.82) is 0 Å². The van der Waals surface area contributed by atoms with Gasteiger partial charge < -0.3 is 10.4 Å². The van der Waals surface area contributed by atoms with E-state index in [0.717, 1.165) is 17.5 Å². The van der Waals surface area contributed by atoms with Gasteiger partial charge in [-0.1, -0.05) is 29.8 Å². The van der Waals surface area contributed by atoms with E-state index in [1.165, 1.54) is 12.1 Å². The Balaban J connectivity index is 1.88. The SMILES string of the molecule is Cc1ccc(C(=O)O)cc1NC(=O)CCCc1ccc(Cl)cc1. The normalized spacial score (nSPS) is 10.3. The summed E-state index contributed by atoms with van der Waals surface area (Å²) in [7, 11) is 0. The van der Waals surface area contributed by atoms with E-state index in [2.05, 4.69) is 5.32 Å². The Morgan fingerprint density at radius 1 is 1.13 bits per heavy atom. The van der Waals surface area contributed by atoms with Gasteiger partial charge in [-0.05, 0) is 55.2 Å². The minimum atomic E-state index is -1.01. The van der Waals surface area contributed by atoms with Crippen molar-refractivity contribution < 1.29 is 14.7 Å². The van der Waals surface area contributed by atoms with Gasteiger partial charge in [0.2, 0.25) is 5.91 Å². The zero-order valence-electron chi connectivity index (χ0n) is 12.8. The number of aryl methyl sites for hydroxylation is 2. The summed E-state index contributed by atoms with van der Waals surface area (Å²) < 4.78 is 0. The smallest absolute Gasteiger partial charge is 0.335 e. The second-order valence-electron chi connectivity index (χ2n) is 5.36. The van der Waals surface area contributed by atoms with Gasteiger partial charge in [0.25, 0.3) is 0 Å². The molecule has 0 heterocycles. The van der Waals surface area contributed by atoms with Gasteiger partial charge in [-0.15, -0.1) is 0 Å². The Morgan fingerprint density at radius 2 is 1.83 bits per heavy atom. The second-order valence-corrected chi connectivity index (χ2v) is 5.80. The summed E-state index contributed by atoms with van der Waals surface area (Å²) in [5.41, 5.74) is 2.67. The highest BCUT2D eigenvalue weighted by molar-refractivity contribution is 6.30. The molecule has 5 heteroatoms. The summed E-state index contributed by atoms with van der Waals surface area (Å²) in [5.74, 6) is -1.13. The number of aromatic carboxylic acids is 1. The van der Waals surface area contributed by atoms with Gasteiger partial charge in [-0.2, -0.15) is 0 Å². The quantitative estimate of drug-likeness (QED) is 0.829. The highest BCUT2D eigenvalue weighted by atomic mass is 35.5. The van der Waals surface area contributed by atoms with Crippen LogP contribution in [-0.4, -0.2) is 17.0 Å². The van der Waals surface area contributed by atoms with Gasteiger partial charge in [0.15, 0.2) is 0 Å². The van der Waals surface area contributed by atoms with E-state index in [1.807, 2.05) is 31.2 Å². The van der Waals surface area contributed by atoms with Crippen molar-refractivity contribution >= 4 is 29.2 Å². The number of anilines is 1. The van der Waals surface area contributed by atoms with Crippen LogP contribution in [0, 0.1) is 6.92 Å². The molecule has 0 aliphatic carbocycles. The van der Waals surface area contributed by atoms with E-state index in [-0.39, 0.29) is 11.5 Å². The number of amides is 1. The van der Waals surface area contributed by atoms with E-state index >= 15 is 0 Å². The monoisotopic (exact) mass is 331 g/mol. The number of rotatable bonds is 6. The zero-order chi connectivity index (χ0) is 16.8. The number of hydrogen-bond donors (Lipinski definition) is 2. The lowest BCUT2D eigenvalue weighted by Gasteiger charge is -2.09. The minimum absolute atomic E-state index is 0.121. The molecule has 0 saturated carbocycles. The Labute approximate surface area is 140 Å². The van der Waals surface area contributed by atoms with E-state index < -0.39 is 5.97 Å². The maximum absolute atomic E-state index is 12.0. The van der Waals surface area contributed by atoms with Crippen molar-refractivity contribution in [2.75, 3.05) is 5.32 Å². The van der Waals surface area contributed by atoms with Crippen molar-refractivity contribution in [3.63, 3.8) is 0 Å².